The lowest BCUT2D eigenvalue weighted by Gasteiger charge is -2.17. The summed E-state index contributed by atoms with van der Waals surface area (Å²) in [5, 5.41) is 11.7. The minimum Gasteiger partial charge on any atom is -0.486 e. The molecule has 1 saturated heterocycles. The quantitative estimate of drug-likeness (QED) is 0.832. The molecule has 22 heavy (non-hydrogen) atoms. The van der Waals surface area contributed by atoms with E-state index in [-0.39, 0.29) is 18.3 Å². The van der Waals surface area contributed by atoms with Crippen molar-refractivity contribution < 1.29 is 14.3 Å². The lowest BCUT2D eigenvalue weighted by Crippen LogP contribution is -2.30. The standard InChI is InChI=1S/C16H17N3O3/c17-10-19-4-3-11(8-19)7-18-16(21)12-1-2-15-13(5-12)6-14(20)9-22-15/h1-2,5,11H,3-4,6-9H2,(H,18,21)/t11-/m0/s1. The number of ether oxygens (including phenoxy) is 1. The minimum absolute atomic E-state index is 0.0209. The number of hydrogen-bond donors (Lipinski definition) is 1. The van der Waals surface area contributed by atoms with Crippen LogP contribution in [0, 0.1) is 17.4 Å². The molecule has 1 atom stereocenters. The van der Waals surface area contributed by atoms with E-state index in [1.165, 1.54) is 0 Å². The number of nitrogens with zero attached hydrogens (tertiary/aromatic N) is 2. The maximum Gasteiger partial charge on any atom is 0.251 e. The number of likely N-dealkylation sites (tertiary alicyclic amines) is 1. The minimum atomic E-state index is -0.156. The van der Waals surface area contributed by atoms with Crippen LogP contribution < -0.4 is 10.1 Å². The molecule has 0 spiro atoms. The van der Waals surface area contributed by atoms with Gasteiger partial charge in [-0.1, -0.05) is 0 Å². The van der Waals surface area contributed by atoms with Gasteiger partial charge < -0.3 is 15.0 Å². The van der Waals surface area contributed by atoms with Gasteiger partial charge >= 0.3 is 0 Å². The number of hydrogen-bond acceptors (Lipinski definition) is 5. The molecule has 0 radical (unpaired) electrons. The van der Waals surface area contributed by atoms with Crippen LogP contribution in [0.5, 0.6) is 5.75 Å². The van der Waals surface area contributed by atoms with Crippen molar-refractivity contribution in [1.29, 1.82) is 5.26 Å². The Balaban J connectivity index is 1.60. The molecule has 3 rings (SSSR count). The van der Waals surface area contributed by atoms with E-state index in [9.17, 15) is 9.59 Å². The number of ketones is 1. The lowest BCUT2D eigenvalue weighted by molar-refractivity contribution is -0.121. The highest BCUT2D eigenvalue weighted by atomic mass is 16.5. The largest absolute Gasteiger partial charge is 0.486 e. The maximum atomic E-state index is 12.2. The van der Waals surface area contributed by atoms with Crippen LogP contribution in [0.3, 0.4) is 0 Å². The average Bonchev–Trinajstić information content (AvgIpc) is 3.00. The van der Waals surface area contributed by atoms with Crippen LogP contribution >= 0.6 is 0 Å². The highest BCUT2D eigenvalue weighted by molar-refractivity contribution is 5.95. The number of Topliss-reactive ketones (excluding diaryl/α,β-unsaturated/α-hetero) is 1. The van der Waals surface area contributed by atoms with E-state index >= 15 is 0 Å². The van der Waals surface area contributed by atoms with Gasteiger partial charge in [0.1, 0.15) is 12.4 Å². The number of nitrogens with one attached hydrogen (secondary N) is 1. The summed E-state index contributed by atoms with van der Waals surface area (Å²) in [6, 6.07) is 5.17. The molecule has 1 aromatic carbocycles. The molecule has 2 aliphatic heterocycles. The molecule has 1 aromatic rings. The fraction of sp³-hybridized carbons (Fsp3) is 0.438. The van der Waals surface area contributed by atoms with E-state index in [1.54, 1.807) is 23.1 Å². The van der Waals surface area contributed by atoms with E-state index in [1.807, 2.05) is 0 Å². The molecule has 0 aromatic heterocycles. The van der Waals surface area contributed by atoms with Gasteiger partial charge in [-0.3, -0.25) is 9.59 Å². The first-order valence-corrected chi connectivity index (χ1v) is 7.36. The Hall–Kier alpha value is -2.55. The molecule has 1 fully saturated rings. The normalized spacial score (nSPS) is 20.0. The highest BCUT2D eigenvalue weighted by Crippen LogP contribution is 2.24. The van der Waals surface area contributed by atoms with Gasteiger partial charge in [-0.05, 0) is 30.5 Å². The molecule has 114 valence electrons. The second-order valence-corrected chi connectivity index (χ2v) is 5.74. The molecule has 0 saturated carbocycles. The van der Waals surface area contributed by atoms with Crippen LogP contribution in [0.4, 0.5) is 0 Å². The average molecular weight is 299 g/mol. The Morgan fingerprint density at radius 3 is 3.14 bits per heavy atom. The van der Waals surface area contributed by atoms with Gasteiger partial charge in [-0.2, -0.15) is 5.26 Å². The van der Waals surface area contributed by atoms with Crippen molar-refractivity contribution in [1.82, 2.24) is 10.2 Å². The number of nitriles is 1. The Labute approximate surface area is 128 Å². The summed E-state index contributed by atoms with van der Waals surface area (Å²) in [6.45, 7) is 2.12. The van der Waals surface area contributed by atoms with E-state index in [0.29, 0.717) is 36.7 Å². The predicted molar refractivity (Wildman–Crippen MR) is 78.3 cm³/mol. The van der Waals surface area contributed by atoms with E-state index in [0.717, 1.165) is 18.5 Å². The molecule has 0 aliphatic carbocycles. The maximum absolute atomic E-state index is 12.2. The molecule has 2 aliphatic rings. The second kappa shape index (κ2) is 6.06. The van der Waals surface area contributed by atoms with Gasteiger partial charge in [0.2, 0.25) is 0 Å². The Bertz CT molecular complexity index is 651. The lowest BCUT2D eigenvalue weighted by atomic mass is 10.0. The van der Waals surface area contributed by atoms with E-state index in [2.05, 4.69) is 11.5 Å². The third kappa shape index (κ3) is 3.03. The first-order chi connectivity index (χ1) is 10.7. The van der Waals surface area contributed by atoms with Crippen molar-refractivity contribution in [2.45, 2.75) is 12.8 Å². The van der Waals surface area contributed by atoms with E-state index < -0.39 is 0 Å². The summed E-state index contributed by atoms with van der Waals surface area (Å²) < 4.78 is 5.32. The zero-order valence-corrected chi connectivity index (χ0v) is 12.2. The smallest absolute Gasteiger partial charge is 0.251 e. The molecular weight excluding hydrogens is 282 g/mol. The molecule has 0 unspecified atom stereocenters. The van der Waals surface area contributed by atoms with Gasteiger partial charge in [-0.25, -0.2) is 0 Å². The van der Waals surface area contributed by atoms with Gasteiger partial charge in [0.05, 0.1) is 0 Å². The van der Waals surface area contributed by atoms with Crippen molar-refractivity contribution in [3.8, 4) is 11.9 Å². The molecule has 0 bridgehead atoms. The number of rotatable bonds is 3. The Kier molecular flexibility index (Phi) is 3.96. The number of amides is 1. The van der Waals surface area contributed by atoms with Crippen LogP contribution in [-0.2, 0) is 11.2 Å². The summed E-state index contributed by atoms with van der Waals surface area (Å²) in [7, 11) is 0. The molecule has 1 amide bonds. The molecule has 6 nitrogen and oxygen atoms in total. The van der Waals surface area contributed by atoms with Crippen LogP contribution in [0.25, 0.3) is 0 Å². The third-order valence-electron chi connectivity index (χ3n) is 4.08. The zero-order valence-electron chi connectivity index (χ0n) is 12.2. The van der Waals surface area contributed by atoms with Gasteiger partial charge in [0.25, 0.3) is 5.91 Å². The van der Waals surface area contributed by atoms with Gasteiger partial charge in [-0.15, -0.1) is 0 Å². The van der Waals surface area contributed by atoms with Gasteiger partial charge in [0, 0.05) is 37.2 Å². The molecule has 2 heterocycles. The zero-order chi connectivity index (χ0) is 15.5. The van der Waals surface area contributed by atoms with Crippen molar-refractivity contribution in [3.63, 3.8) is 0 Å². The first-order valence-electron chi connectivity index (χ1n) is 7.36. The third-order valence-corrected chi connectivity index (χ3v) is 4.08. The van der Waals surface area contributed by atoms with Crippen molar-refractivity contribution in [3.05, 3.63) is 29.3 Å². The second-order valence-electron chi connectivity index (χ2n) is 5.74. The predicted octanol–water partition coefficient (Wildman–Crippen LogP) is 0.723. The summed E-state index contributed by atoms with van der Waals surface area (Å²) in [4.78, 5) is 25.3. The van der Waals surface area contributed by atoms with Crippen molar-refractivity contribution in [2.24, 2.45) is 5.92 Å². The van der Waals surface area contributed by atoms with Crippen LogP contribution in [-0.4, -0.2) is 42.8 Å². The first kappa shape index (κ1) is 14.4. The van der Waals surface area contributed by atoms with Crippen LogP contribution in [0.1, 0.15) is 22.3 Å². The fourth-order valence-corrected chi connectivity index (χ4v) is 2.85. The van der Waals surface area contributed by atoms with Crippen LogP contribution in [0.2, 0.25) is 0 Å². The highest BCUT2D eigenvalue weighted by Gasteiger charge is 2.23. The van der Waals surface area contributed by atoms with E-state index in [4.69, 9.17) is 10.00 Å². The van der Waals surface area contributed by atoms with Crippen molar-refractivity contribution >= 4 is 11.7 Å². The Morgan fingerprint density at radius 1 is 1.50 bits per heavy atom. The number of carbonyl (C=O) groups is 2. The van der Waals surface area contributed by atoms with Crippen molar-refractivity contribution in [2.75, 3.05) is 26.2 Å². The number of fused-ring (bicyclic) bond motifs is 1. The molecule has 1 N–H and O–H groups in total. The summed E-state index contributed by atoms with van der Waals surface area (Å²) in [5.41, 5.74) is 1.30. The number of carbonyl (C=O) groups excluding carboxylic acids is 2. The summed E-state index contributed by atoms with van der Waals surface area (Å²) >= 11 is 0. The topological polar surface area (TPSA) is 82.4 Å². The summed E-state index contributed by atoms with van der Waals surface area (Å²) in [5.74, 6) is 0.853. The van der Waals surface area contributed by atoms with Gasteiger partial charge in [0.15, 0.2) is 12.0 Å². The van der Waals surface area contributed by atoms with Crippen LogP contribution in [0.15, 0.2) is 18.2 Å². The number of benzene rings is 1. The summed E-state index contributed by atoms with van der Waals surface area (Å²) in [6.07, 6.45) is 3.36. The SMILES string of the molecule is N#CN1CC[C@@H](CNC(=O)c2ccc3c(c2)CC(=O)CO3)C1. The molecular formula is C16H17N3O3. The Morgan fingerprint density at radius 2 is 2.36 bits per heavy atom. The fourth-order valence-electron chi connectivity index (χ4n) is 2.85. The monoisotopic (exact) mass is 299 g/mol. The molecule has 6 heteroatoms.